The molecule has 0 bridgehead atoms. The van der Waals surface area contributed by atoms with E-state index in [0.29, 0.717) is 32.5 Å². The fourth-order valence-corrected chi connectivity index (χ4v) is 8.31. The predicted octanol–water partition coefficient (Wildman–Crippen LogP) is 3.72. The van der Waals surface area contributed by atoms with Crippen LogP contribution in [0.2, 0.25) is 0 Å². The van der Waals surface area contributed by atoms with Crippen molar-refractivity contribution in [2.75, 3.05) is 17.3 Å². The van der Waals surface area contributed by atoms with Crippen molar-refractivity contribution >= 4 is 60.0 Å². The molecule has 1 aromatic heterocycles. The molecule has 8 nitrogen and oxygen atoms in total. The van der Waals surface area contributed by atoms with Gasteiger partial charge in [0.05, 0.1) is 44.5 Å². The highest BCUT2D eigenvalue weighted by Crippen LogP contribution is 2.37. The zero-order valence-corrected chi connectivity index (χ0v) is 23.0. The molecular weight excluding hydrogens is 551 g/mol. The third kappa shape index (κ3) is 5.15. The van der Waals surface area contributed by atoms with E-state index < -0.39 is 25.7 Å². The van der Waals surface area contributed by atoms with Crippen molar-refractivity contribution in [1.82, 2.24) is 14.7 Å². The average molecular weight is 574 g/mol. The first-order chi connectivity index (χ1) is 17.6. The van der Waals surface area contributed by atoms with Gasteiger partial charge in [-0.05, 0) is 36.8 Å². The highest BCUT2D eigenvalue weighted by Gasteiger charge is 2.42. The summed E-state index contributed by atoms with van der Waals surface area (Å²) in [7, 11) is -6.53. The van der Waals surface area contributed by atoms with Crippen molar-refractivity contribution < 1.29 is 21.6 Å². The van der Waals surface area contributed by atoms with Gasteiger partial charge in [0.1, 0.15) is 4.32 Å². The number of para-hydroxylation sites is 1. The summed E-state index contributed by atoms with van der Waals surface area (Å²) < 4.78 is 50.5. The molecule has 1 atom stereocenters. The lowest BCUT2D eigenvalue weighted by Gasteiger charge is -2.20. The number of carbonyl (C=O) groups is 1. The van der Waals surface area contributed by atoms with Crippen molar-refractivity contribution in [2.45, 2.75) is 24.3 Å². The molecule has 0 spiro atoms. The lowest BCUT2D eigenvalue weighted by Crippen LogP contribution is -2.39. The van der Waals surface area contributed by atoms with Crippen LogP contribution < -0.4 is 0 Å². The van der Waals surface area contributed by atoms with Crippen LogP contribution >= 0.6 is 24.0 Å². The van der Waals surface area contributed by atoms with Gasteiger partial charge in [0, 0.05) is 17.3 Å². The Morgan fingerprint density at radius 3 is 2.46 bits per heavy atom. The first kappa shape index (κ1) is 25.8. The van der Waals surface area contributed by atoms with Crippen LogP contribution in [0.1, 0.15) is 18.9 Å². The molecule has 0 aliphatic carbocycles. The van der Waals surface area contributed by atoms with E-state index in [-0.39, 0.29) is 28.1 Å². The quantitative estimate of drug-likeness (QED) is 0.325. The Labute approximate surface area is 225 Å². The minimum Gasteiger partial charge on any atom is -0.289 e. The van der Waals surface area contributed by atoms with Crippen molar-refractivity contribution in [3.8, 4) is 16.9 Å². The SMILES string of the molecule is CCS(=O)(=O)c1ccc(-c2nn(-c3ccccc3)cc2/C=C2/SC(=S)N([C@H]3CCS(=O)(=O)C3)C2=O)cc1. The Balaban J connectivity index is 1.55. The number of carbonyl (C=O) groups excluding carboxylic acids is 1. The number of aromatic nitrogens is 2. The molecule has 3 heterocycles. The number of thiocarbonyl (C=S) groups is 1. The van der Waals surface area contributed by atoms with Gasteiger partial charge >= 0.3 is 0 Å². The fourth-order valence-electron chi connectivity index (χ4n) is 4.33. The number of nitrogens with zero attached hydrogens (tertiary/aromatic N) is 3. The van der Waals surface area contributed by atoms with Crippen LogP contribution in [0.15, 0.2) is 70.6 Å². The summed E-state index contributed by atoms with van der Waals surface area (Å²) in [5.74, 6) is -0.354. The van der Waals surface area contributed by atoms with E-state index in [1.165, 1.54) is 4.90 Å². The smallest absolute Gasteiger partial charge is 0.266 e. The number of thioether (sulfide) groups is 1. The molecular formula is C25H23N3O5S4. The summed E-state index contributed by atoms with van der Waals surface area (Å²) in [5.41, 5.74) is 2.72. The van der Waals surface area contributed by atoms with Gasteiger partial charge in [0.2, 0.25) is 0 Å². The van der Waals surface area contributed by atoms with Gasteiger partial charge in [-0.2, -0.15) is 5.10 Å². The lowest BCUT2D eigenvalue weighted by atomic mass is 10.1. The van der Waals surface area contributed by atoms with E-state index in [1.54, 1.807) is 48.1 Å². The summed E-state index contributed by atoms with van der Waals surface area (Å²) >= 11 is 6.58. The van der Waals surface area contributed by atoms with Crippen molar-refractivity contribution in [3.63, 3.8) is 0 Å². The van der Waals surface area contributed by atoms with Gasteiger partial charge in [-0.3, -0.25) is 9.69 Å². The highest BCUT2D eigenvalue weighted by atomic mass is 32.2. The van der Waals surface area contributed by atoms with Crippen molar-refractivity contribution in [1.29, 1.82) is 0 Å². The molecule has 0 radical (unpaired) electrons. The van der Waals surface area contributed by atoms with E-state index >= 15 is 0 Å². The van der Waals surface area contributed by atoms with Crippen LogP contribution in [0.3, 0.4) is 0 Å². The van der Waals surface area contributed by atoms with Gasteiger partial charge < -0.3 is 0 Å². The molecule has 0 unspecified atom stereocenters. The molecule has 12 heteroatoms. The predicted molar refractivity (Wildman–Crippen MR) is 149 cm³/mol. The van der Waals surface area contributed by atoms with Gasteiger partial charge in [-0.25, -0.2) is 21.5 Å². The first-order valence-electron chi connectivity index (χ1n) is 11.5. The number of sulfone groups is 2. The topological polar surface area (TPSA) is 106 Å². The van der Waals surface area contributed by atoms with Crippen LogP contribution in [0.5, 0.6) is 0 Å². The Morgan fingerprint density at radius 2 is 1.84 bits per heavy atom. The molecule has 192 valence electrons. The number of hydrogen-bond donors (Lipinski definition) is 0. The monoisotopic (exact) mass is 573 g/mol. The molecule has 0 saturated carbocycles. The largest absolute Gasteiger partial charge is 0.289 e. The number of amides is 1. The zero-order valence-electron chi connectivity index (χ0n) is 19.8. The number of hydrogen-bond acceptors (Lipinski definition) is 8. The molecule has 2 aliphatic rings. The molecule has 2 aliphatic heterocycles. The molecule has 0 N–H and O–H groups in total. The summed E-state index contributed by atoms with van der Waals surface area (Å²) in [5, 5.41) is 4.74. The normalized spacial score (nSPS) is 20.7. The van der Waals surface area contributed by atoms with Crippen LogP contribution in [-0.2, 0) is 24.5 Å². The Kier molecular flexibility index (Phi) is 6.86. The van der Waals surface area contributed by atoms with E-state index in [9.17, 15) is 21.6 Å². The van der Waals surface area contributed by atoms with Gasteiger partial charge in [0.15, 0.2) is 19.7 Å². The Morgan fingerprint density at radius 1 is 1.14 bits per heavy atom. The van der Waals surface area contributed by atoms with Crippen molar-refractivity contribution in [3.05, 3.63) is 71.3 Å². The summed E-state index contributed by atoms with van der Waals surface area (Å²) in [6.45, 7) is 1.60. The molecule has 1 amide bonds. The second-order valence-corrected chi connectivity index (χ2v) is 14.9. The molecule has 5 rings (SSSR count). The molecule has 2 fully saturated rings. The van der Waals surface area contributed by atoms with Crippen LogP contribution in [-0.4, -0.2) is 65.0 Å². The second kappa shape index (κ2) is 9.82. The van der Waals surface area contributed by atoms with Crippen LogP contribution in [0, 0.1) is 0 Å². The number of rotatable bonds is 6. The maximum absolute atomic E-state index is 13.3. The van der Waals surface area contributed by atoms with Crippen LogP contribution in [0.4, 0.5) is 0 Å². The minimum atomic E-state index is -3.35. The molecule has 37 heavy (non-hydrogen) atoms. The minimum absolute atomic E-state index is 0.00433. The average Bonchev–Trinajstić information content (AvgIpc) is 3.54. The van der Waals surface area contributed by atoms with E-state index in [4.69, 9.17) is 17.3 Å². The second-order valence-electron chi connectivity index (χ2n) is 8.75. The lowest BCUT2D eigenvalue weighted by molar-refractivity contribution is -0.123. The van der Waals surface area contributed by atoms with E-state index in [0.717, 1.165) is 17.4 Å². The summed E-state index contributed by atoms with van der Waals surface area (Å²) in [6.07, 6.45) is 3.88. The fraction of sp³-hybridized carbons (Fsp3) is 0.240. The molecule has 3 aromatic rings. The third-order valence-corrected chi connectivity index (χ3v) is 11.1. The standard InChI is InChI=1S/C25H23N3O5S4/c1-2-37(32,33)21-10-8-17(9-11-21)23-18(15-27(26-23)19-6-4-3-5-7-19)14-22-24(29)28(25(34)35-22)20-12-13-36(30,31)16-20/h3-11,14-15,20H,2,12-13,16H2,1H3/b22-14+/t20-/m0/s1. The van der Waals surface area contributed by atoms with Crippen LogP contribution in [0.25, 0.3) is 23.0 Å². The zero-order chi connectivity index (χ0) is 26.4. The molecule has 2 aromatic carbocycles. The first-order valence-corrected chi connectivity index (χ1v) is 16.2. The van der Waals surface area contributed by atoms with E-state index in [1.807, 2.05) is 30.3 Å². The van der Waals surface area contributed by atoms with Gasteiger partial charge in [-0.1, -0.05) is 61.2 Å². The Bertz CT molecular complexity index is 1630. The number of benzene rings is 2. The highest BCUT2D eigenvalue weighted by molar-refractivity contribution is 8.26. The summed E-state index contributed by atoms with van der Waals surface area (Å²) in [4.78, 5) is 15.3. The Hall–Kier alpha value is -2.80. The maximum Gasteiger partial charge on any atom is 0.266 e. The van der Waals surface area contributed by atoms with Gasteiger partial charge in [-0.15, -0.1) is 0 Å². The van der Waals surface area contributed by atoms with E-state index in [2.05, 4.69) is 0 Å². The maximum atomic E-state index is 13.3. The van der Waals surface area contributed by atoms with Gasteiger partial charge in [0.25, 0.3) is 5.91 Å². The molecule has 2 saturated heterocycles. The van der Waals surface area contributed by atoms with Crippen molar-refractivity contribution in [2.24, 2.45) is 0 Å². The summed E-state index contributed by atoms with van der Waals surface area (Å²) in [6, 6.07) is 15.5. The third-order valence-electron chi connectivity index (χ3n) is 6.31.